The molecule has 0 saturated heterocycles. The summed E-state index contributed by atoms with van der Waals surface area (Å²) in [5, 5.41) is 18.3. The summed E-state index contributed by atoms with van der Waals surface area (Å²) in [6, 6.07) is 7.37. The first-order valence-corrected chi connectivity index (χ1v) is 4.28. The molecule has 0 fully saturated rings. The number of phenols is 1. The average Bonchev–Trinajstić information content (AvgIpc) is 2.71. The summed E-state index contributed by atoms with van der Waals surface area (Å²) < 4.78 is 5.08. The molecule has 0 amide bonds. The van der Waals surface area contributed by atoms with Gasteiger partial charge in [-0.2, -0.15) is 0 Å². The normalized spacial score (nSPS) is 10.1. The fourth-order valence-corrected chi connectivity index (χ4v) is 1.30. The third-order valence-corrected chi connectivity index (χ3v) is 2.03. The van der Waals surface area contributed by atoms with Gasteiger partial charge < -0.3 is 14.6 Å². The highest BCUT2D eigenvalue weighted by Crippen LogP contribution is 2.30. The Hall–Kier alpha value is -2.23. The number of carboxylic acids is 1. The van der Waals surface area contributed by atoms with Crippen LogP contribution in [0.2, 0.25) is 0 Å². The maximum Gasteiger partial charge on any atom is 0.335 e. The molecule has 0 aliphatic carbocycles. The lowest BCUT2D eigenvalue weighted by Crippen LogP contribution is -1.95. The number of hydrogen-bond donors (Lipinski definition) is 2. The number of aromatic hydroxyl groups is 1. The zero-order valence-electron chi connectivity index (χ0n) is 7.68. The highest BCUT2D eigenvalue weighted by molar-refractivity contribution is 5.90. The quantitative estimate of drug-likeness (QED) is 0.787. The van der Waals surface area contributed by atoms with Gasteiger partial charge in [-0.15, -0.1) is 0 Å². The highest BCUT2D eigenvalue weighted by Gasteiger charge is 2.10. The molecule has 0 bridgehead atoms. The minimum absolute atomic E-state index is 0.00468. The number of furan rings is 1. The van der Waals surface area contributed by atoms with E-state index in [9.17, 15) is 9.90 Å². The third kappa shape index (κ3) is 1.69. The van der Waals surface area contributed by atoms with Crippen molar-refractivity contribution >= 4 is 5.97 Å². The molecular formula is C11H8O4. The molecule has 0 saturated carbocycles. The van der Waals surface area contributed by atoms with Gasteiger partial charge in [-0.1, -0.05) is 0 Å². The summed E-state index contributed by atoms with van der Waals surface area (Å²) in [4.78, 5) is 10.7. The molecule has 4 heteroatoms. The van der Waals surface area contributed by atoms with Gasteiger partial charge in [-0.25, -0.2) is 4.79 Å². The monoisotopic (exact) mass is 204 g/mol. The number of hydrogen-bond acceptors (Lipinski definition) is 3. The second-order valence-corrected chi connectivity index (χ2v) is 3.01. The molecule has 76 valence electrons. The number of phenolic OH excluding ortho intramolecular Hbond substituents is 1. The smallest absolute Gasteiger partial charge is 0.335 e. The summed E-state index contributed by atoms with van der Waals surface area (Å²) in [6.07, 6.45) is 1.46. The first kappa shape index (κ1) is 9.33. The number of carboxylic acid groups (broad SMARTS) is 1. The largest absolute Gasteiger partial charge is 0.507 e. The van der Waals surface area contributed by atoms with Crippen LogP contribution >= 0.6 is 0 Å². The van der Waals surface area contributed by atoms with Gasteiger partial charge in [0.1, 0.15) is 11.5 Å². The Bertz CT molecular complexity index is 485. The fourth-order valence-electron chi connectivity index (χ4n) is 1.30. The molecule has 0 unspecified atom stereocenters. The second-order valence-electron chi connectivity index (χ2n) is 3.01. The Kier molecular flexibility index (Phi) is 2.17. The van der Waals surface area contributed by atoms with E-state index >= 15 is 0 Å². The molecule has 0 aliphatic rings. The van der Waals surface area contributed by atoms with E-state index in [-0.39, 0.29) is 11.3 Å². The van der Waals surface area contributed by atoms with E-state index in [1.54, 1.807) is 12.1 Å². The van der Waals surface area contributed by atoms with Crippen LogP contribution in [0.5, 0.6) is 5.75 Å². The highest BCUT2D eigenvalue weighted by atomic mass is 16.4. The Morgan fingerprint density at radius 3 is 2.67 bits per heavy atom. The molecule has 4 nitrogen and oxygen atoms in total. The molecular weight excluding hydrogens is 196 g/mol. The Labute approximate surface area is 85.4 Å². The molecule has 2 aromatic rings. The van der Waals surface area contributed by atoms with Crippen LogP contribution in [0.25, 0.3) is 11.3 Å². The standard InChI is InChI=1S/C11H8O4/c12-9-4-3-7(11(13)14)6-8(9)10-2-1-5-15-10/h1-6,12H,(H,13,14). The SMILES string of the molecule is O=C(O)c1ccc(O)c(-c2ccco2)c1. The summed E-state index contributed by atoms with van der Waals surface area (Å²) in [7, 11) is 0. The predicted molar refractivity (Wildman–Crippen MR) is 52.8 cm³/mol. The van der Waals surface area contributed by atoms with Crippen LogP contribution < -0.4 is 0 Å². The zero-order valence-corrected chi connectivity index (χ0v) is 7.68. The van der Waals surface area contributed by atoms with Gasteiger partial charge in [0.2, 0.25) is 0 Å². The van der Waals surface area contributed by atoms with Crippen molar-refractivity contribution in [1.82, 2.24) is 0 Å². The zero-order chi connectivity index (χ0) is 10.8. The van der Waals surface area contributed by atoms with Crippen molar-refractivity contribution < 1.29 is 19.4 Å². The van der Waals surface area contributed by atoms with Gasteiger partial charge in [0, 0.05) is 0 Å². The minimum atomic E-state index is -1.04. The second kappa shape index (κ2) is 3.49. The van der Waals surface area contributed by atoms with Crippen LogP contribution in [0.15, 0.2) is 41.0 Å². The van der Waals surface area contributed by atoms with E-state index in [4.69, 9.17) is 9.52 Å². The van der Waals surface area contributed by atoms with Crippen LogP contribution in [0.3, 0.4) is 0 Å². The van der Waals surface area contributed by atoms with Gasteiger partial charge in [0.15, 0.2) is 0 Å². The van der Waals surface area contributed by atoms with Crippen LogP contribution in [-0.4, -0.2) is 16.2 Å². The van der Waals surface area contributed by atoms with Crippen LogP contribution in [0.1, 0.15) is 10.4 Å². The Balaban J connectivity index is 2.55. The van der Waals surface area contributed by atoms with E-state index in [1.165, 1.54) is 24.5 Å². The van der Waals surface area contributed by atoms with E-state index < -0.39 is 5.97 Å². The molecule has 1 heterocycles. The van der Waals surface area contributed by atoms with Gasteiger partial charge in [-0.05, 0) is 30.3 Å². The first-order chi connectivity index (χ1) is 7.18. The van der Waals surface area contributed by atoms with Crippen molar-refractivity contribution in [2.45, 2.75) is 0 Å². The molecule has 0 radical (unpaired) electrons. The number of rotatable bonds is 2. The van der Waals surface area contributed by atoms with E-state index in [0.29, 0.717) is 11.3 Å². The lowest BCUT2D eigenvalue weighted by atomic mass is 10.1. The van der Waals surface area contributed by atoms with Gasteiger partial charge >= 0.3 is 5.97 Å². The third-order valence-electron chi connectivity index (χ3n) is 2.03. The van der Waals surface area contributed by atoms with E-state index in [2.05, 4.69) is 0 Å². The average molecular weight is 204 g/mol. The lowest BCUT2D eigenvalue weighted by Gasteiger charge is -2.02. The summed E-state index contributed by atoms with van der Waals surface area (Å²) >= 11 is 0. The van der Waals surface area contributed by atoms with Crippen molar-refractivity contribution in [1.29, 1.82) is 0 Å². The summed E-state index contributed by atoms with van der Waals surface area (Å²) in [5.41, 5.74) is 0.485. The molecule has 2 N–H and O–H groups in total. The number of benzene rings is 1. The van der Waals surface area contributed by atoms with E-state index in [0.717, 1.165) is 0 Å². The molecule has 1 aromatic carbocycles. The lowest BCUT2D eigenvalue weighted by molar-refractivity contribution is 0.0697. The fraction of sp³-hybridized carbons (Fsp3) is 0. The van der Waals surface area contributed by atoms with Crippen molar-refractivity contribution in [3.05, 3.63) is 42.2 Å². The van der Waals surface area contributed by atoms with Crippen molar-refractivity contribution in [2.75, 3.05) is 0 Å². The molecule has 15 heavy (non-hydrogen) atoms. The van der Waals surface area contributed by atoms with Crippen molar-refractivity contribution in [3.63, 3.8) is 0 Å². The van der Waals surface area contributed by atoms with Crippen LogP contribution in [0, 0.1) is 0 Å². The molecule has 1 aromatic heterocycles. The van der Waals surface area contributed by atoms with Crippen molar-refractivity contribution in [2.24, 2.45) is 0 Å². The van der Waals surface area contributed by atoms with E-state index in [1.807, 2.05) is 0 Å². The molecule has 0 spiro atoms. The minimum Gasteiger partial charge on any atom is -0.507 e. The van der Waals surface area contributed by atoms with Crippen LogP contribution in [0.4, 0.5) is 0 Å². The van der Waals surface area contributed by atoms with Gasteiger partial charge in [0.25, 0.3) is 0 Å². The van der Waals surface area contributed by atoms with Gasteiger partial charge in [0.05, 0.1) is 17.4 Å². The Morgan fingerprint density at radius 1 is 1.27 bits per heavy atom. The molecule has 0 aliphatic heterocycles. The predicted octanol–water partition coefficient (Wildman–Crippen LogP) is 2.35. The maximum atomic E-state index is 10.7. The number of aromatic carboxylic acids is 1. The molecule has 0 atom stereocenters. The summed E-state index contributed by atoms with van der Waals surface area (Å²) in [6.45, 7) is 0. The topological polar surface area (TPSA) is 70.7 Å². The maximum absolute atomic E-state index is 10.7. The Morgan fingerprint density at radius 2 is 2.07 bits per heavy atom. The van der Waals surface area contributed by atoms with Crippen molar-refractivity contribution in [3.8, 4) is 17.1 Å². The first-order valence-electron chi connectivity index (χ1n) is 4.28. The van der Waals surface area contributed by atoms with Crippen LogP contribution in [-0.2, 0) is 0 Å². The molecule has 2 rings (SSSR count). The number of carbonyl (C=O) groups is 1. The van der Waals surface area contributed by atoms with Gasteiger partial charge in [-0.3, -0.25) is 0 Å². The summed E-state index contributed by atoms with van der Waals surface area (Å²) in [5.74, 6) is -0.603.